The normalized spacial score (nSPS) is 49.2. The minimum atomic E-state index is -0.00900. The molecule has 3 saturated carbocycles. The van der Waals surface area contributed by atoms with E-state index in [4.69, 9.17) is 0 Å². The van der Waals surface area contributed by atoms with E-state index in [2.05, 4.69) is 40.7 Å². The maximum atomic E-state index is 10.7. The van der Waals surface area contributed by atoms with Crippen molar-refractivity contribution in [1.82, 2.24) is 0 Å². The summed E-state index contributed by atoms with van der Waals surface area (Å²) in [6.45, 7) is 11.7. The fourth-order valence-electron chi connectivity index (χ4n) is 6.46. The van der Waals surface area contributed by atoms with Crippen molar-refractivity contribution >= 4 is 0 Å². The molecule has 21 heavy (non-hydrogen) atoms. The van der Waals surface area contributed by atoms with Crippen molar-refractivity contribution in [1.29, 1.82) is 0 Å². The van der Waals surface area contributed by atoms with Crippen LogP contribution >= 0.6 is 0 Å². The summed E-state index contributed by atoms with van der Waals surface area (Å²) >= 11 is 0. The van der Waals surface area contributed by atoms with Crippen LogP contribution in [0.4, 0.5) is 0 Å². The lowest BCUT2D eigenvalue weighted by atomic mass is 9.68. The maximum absolute atomic E-state index is 10.7. The molecule has 1 heteroatoms. The molecular weight excluding hydrogens is 256 g/mol. The van der Waals surface area contributed by atoms with Crippen molar-refractivity contribution in [3.63, 3.8) is 0 Å². The summed E-state index contributed by atoms with van der Waals surface area (Å²) in [5, 5.41) is 10.7. The Bertz CT molecular complexity index is 416. The zero-order valence-electron chi connectivity index (χ0n) is 14.6. The van der Waals surface area contributed by atoms with Crippen molar-refractivity contribution in [2.45, 2.75) is 72.8 Å². The first-order valence-electron chi connectivity index (χ1n) is 9.22. The second kappa shape index (κ2) is 5.41. The van der Waals surface area contributed by atoms with Gasteiger partial charge in [-0.3, -0.25) is 0 Å². The first kappa shape index (κ1) is 15.6. The Kier molecular flexibility index (Phi) is 4.01. The van der Waals surface area contributed by atoms with Gasteiger partial charge < -0.3 is 5.11 Å². The third-order valence-electron chi connectivity index (χ3n) is 7.37. The van der Waals surface area contributed by atoms with Crippen LogP contribution in [0.2, 0.25) is 0 Å². The third-order valence-corrected chi connectivity index (χ3v) is 7.37. The monoisotopic (exact) mass is 290 g/mol. The smallest absolute Gasteiger partial charge is 0.0607 e. The first-order valence-corrected chi connectivity index (χ1v) is 9.22. The molecule has 3 aliphatic rings. The SMILES string of the molecule is CC(C)=CCC[C@@H](C)[C@H]1CC[C@H](C)[C@]23[C@H]([C@H]12)[C@@H](C)C[C@@H]3O. The molecule has 1 N–H and O–H groups in total. The molecule has 0 amide bonds. The highest BCUT2D eigenvalue weighted by Gasteiger charge is 2.77. The third kappa shape index (κ3) is 2.22. The van der Waals surface area contributed by atoms with Crippen LogP contribution in [-0.2, 0) is 0 Å². The van der Waals surface area contributed by atoms with Crippen LogP contribution in [0.3, 0.4) is 0 Å². The molecule has 0 unspecified atom stereocenters. The number of rotatable bonds is 4. The molecule has 3 fully saturated rings. The van der Waals surface area contributed by atoms with E-state index in [1.165, 1.54) is 31.3 Å². The van der Waals surface area contributed by atoms with Gasteiger partial charge in [0.1, 0.15) is 0 Å². The van der Waals surface area contributed by atoms with Crippen LogP contribution in [-0.4, -0.2) is 11.2 Å². The van der Waals surface area contributed by atoms with Crippen LogP contribution in [0.1, 0.15) is 66.7 Å². The van der Waals surface area contributed by atoms with Crippen molar-refractivity contribution in [2.75, 3.05) is 0 Å². The lowest BCUT2D eigenvalue weighted by Crippen LogP contribution is -2.36. The summed E-state index contributed by atoms with van der Waals surface area (Å²) in [5.41, 5.74) is 1.77. The van der Waals surface area contributed by atoms with Gasteiger partial charge in [0.05, 0.1) is 6.10 Å². The number of allylic oxidation sites excluding steroid dienone is 2. The summed E-state index contributed by atoms with van der Waals surface area (Å²) in [6, 6.07) is 0. The number of aliphatic hydroxyl groups excluding tert-OH is 1. The summed E-state index contributed by atoms with van der Waals surface area (Å²) in [4.78, 5) is 0. The van der Waals surface area contributed by atoms with Crippen LogP contribution in [0.25, 0.3) is 0 Å². The average Bonchev–Trinajstić information content (AvgIpc) is 3.03. The second-order valence-electron chi connectivity index (χ2n) is 8.76. The van der Waals surface area contributed by atoms with Gasteiger partial charge in [-0.15, -0.1) is 0 Å². The molecule has 8 atom stereocenters. The Morgan fingerprint density at radius 1 is 1.24 bits per heavy atom. The number of hydrogen-bond acceptors (Lipinski definition) is 1. The lowest BCUT2D eigenvalue weighted by molar-refractivity contribution is 0.0133. The Balaban J connectivity index is 1.70. The van der Waals surface area contributed by atoms with Crippen LogP contribution in [0.5, 0.6) is 0 Å². The molecule has 0 aromatic heterocycles. The minimum absolute atomic E-state index is 0.00900. The zero-order chi connectivity index (χ0) is 15.4. The first-order chi connectivity index (χ1) is 9.90. The Morgan fingerprint density at radius 3 is 2.62 bits per heavy atom. The van der Waals surface area contributed by atoms with E-state index in [1.807, 2.05) is 0 Å². The fraction of sp³-hybridized carbons (Fsp3) is 0.900. The number of fused-ring (bicyclic) bond motifs is 1. The number of hydrogen-bond donors (Lipinski definition) is 1. The Labute approximate surface area is 131 Å². The van der Waals surface area contributed by atoms with Gasteiger partial charge in [-0.05, 0) is 81.5 Å². The summed E-state index contributed by atoms with van der Waals surface area (Å²) in [6.07, 6.45) is 8.75. The summed E-state index contributed by atoms with van der Waals surface area (Å²) in [7, 11) is 0. The quantitative estimate of drug-likeness (QED) is 0.718. The van der Waals surface area contributed by atoms with Crippen LogP contribution in [0.15, 0.2) is 11.6 Å². The van der Waals surface area contributed by atoms with E-state index < -0.39 is 0 Å². The molecule has 120 valence electrons. The molecule has 0 aromatic carbocycles. The predicted molar refractivity (Wildman–Crippen MR) is 88.9 cm³/mol. The standard InChI is InChI=1S/C20H34O/c1-12(2)7-6-8-13(3)16-10-9-15(5)20-17(21)11-14(4)18(20)19(16)20/h7,13-19,21H,6,8-11H2,1-5H3/t13-,14+,15+,16-,17+,18+,19+,20+/m1/s1. The molecule has 0 aromatic rings. The highest BCUT2D eigenvalue weighted by atomic mass is 16.3. The predicted octanol–water partition coefficient (Wildman–Crippen LogP) is 5.05. The molecule has 0 heterocycles. The maximum Gasteiger partial charge on any atom is 0.0607 e. The largest absolute Gasteiger partial charge is 0.393 e. The lowest BCUT2D eigenvalue weighted by Gasteiger charge is -2.39. The molecule has 0 radical (unpaired) electrons. The van der Waals surface area contributed by atoms with Gasteiger partial charge >= 0.3 is 0 Å². The molecule has 3 aliphatic carbocycles. The highest BCUT2D eigenvalue weighted by molar-refractivity contribution is 5.25. The Morgan fingerprint density at radius 2 is 1.95 bits per heavy atom. The van der Waals surface area contributed by atoms with Gasteiger partial charge in [-0.25, -0.2) is 0 Å². The van der Waals surface area contributed by atoms with Crippen molar-refractivity contribution in [3.8, 4) is 0 Å². The van der Waals surface area contributed by atoms with Gasteiger partial charge in [0.2, 0.25) is 0 Å². The van der Waals surface area contributed by atoms with Gasteiger partial charge in [-0.1, -0.05) is 32.4 Å². The number of aliphatic hydroxyl groups is 1. The van der Waals surface area contributed by atoms with Crippen LogP contribution < -0.4 is 0 Å². The Hall–Kier alpha value is -0.300. The summed E-state index contributed by atoms with van der Waals surface area (Å²) in [5.74, 6) is 4.85. The molecule has 0 bridgehead atoms. The van der Waals surface area contributed by atoms with Crippen molar-refractivity contribution < 1.29 is 5.11 Å². The second-order valence-corrected chi connectivity index (χ2v) is 8.76. The van der Waals surface area contributed by atoms with Gasteiger partial charge in [0, 0.05) is 5.41 Å². The van der Waals surface area contributed by atoms with Gasteiger partial charge in [0.25, 0.3) is 0 Å². The minimum Gasteiger partial charge on any atom is -0.393 e. The van der Waals surface area contributed by atoms with E-state index in [0.717, 1.165) is 41.9 Å². The molecule has 0 aliphatic heterocycles. The zero-order valence-corrected chi connectivity index (χ0v) is 14.6. The van der Waals surface area contributed by atoms with Crippen LogP contribution in [0, 0.1) is 40.9 Å². The average molecular weight is 290 g/mol. The fourth-order valence-corrected chi connectivity index (χ4v) is 6.46. The topological polar surface area (TPSA) is 20.2 Å². The van der Waals surface area contributed by atoms with E-state index in [1.54, 1.807) is 0 Å². The molecule has 0 saturated heterocycles. The van der Waals surface area contributed by atoms with Gasteiger partial charge in [0.15, 0.2) is 0 Å². The molecule has 1 nitrogen and oxygen atoms in total. The van der Waals surface area contributed by atoms with E-state index in [0.29, 0.717) is 5.41 Å². The molecule has 1 spiro atoms. The molecule has 3 rings (SSSR count). The van der Waals surface area contributed by atoms with E-state index in [-0.39, 0.29) is 6.10 Å². The molecular formula is C20H34O. The van der Waals surface area contributed by atoms with Crippen molar-refractivity contribution in [2.24, 2.45) is 40.9 Å². The summed E-state index contributed by atoms with van der Waals surface area (Å²) < 4.78 is 0. The van der Waals surface area contributed by atoms with Gasteiger partial charge in [-0.2, -0.15) is 0 Å². The van der Waals surface area contributed by atoms with E-state index in [9.17, 15) is 5.11 Å². The van der Waals surface area contributed by atoms with E-state index >= 15 is 0 Å². The highest BCUT2D eigenvalue weighted by Crippen LogP contribution is 2.79. The van der Waals surface area contributed by atoms with Crippen molar-refractivity contribution in [3.05, 3.63) is 11.6 Å².